The second-order valence-electron chi connectivity index (χ2n) is 8.18. The number of thiazole rings is 1. The molecule has 1 N–H and O–H groups in total. The summed E-state index contributed by atoms with van der Waals surface area (Å²) in [6.07, 6.45) is 1.69. The number of hydrogen-bond acceptors (Lipinski definition) is 6. The molecule has 0 unspecified atom stereocenters. The van der Waals surface area contributed by atoms with Gasteiger partial charge in [-0.2, -0.15) is 0 Å². The lowest BCUT2D eigenvalue weighted by molar-refractivity contribution is 0.0953. The van der Waals surface area contributed by atoms with Crippen LogP contribution in [0.15, 0.2) is 35.1 Å². The fraction of sp³-hybridized carbons (Fsp3) is 0.375. The molecule has 1 fully saturated rings. The molecule has 0 radical (unpaired) electrons. The van der Waals surface area contributed by atoms with E-state index in [1.807, 2.05) is 29.2 Å². The number of fused-ring (bicyclic) bond motifs is 5. The number of hydrogen-bond donors (Lipinski definition) is 1. The standard InChI is InChI=1S/C24H24F2N4O3S/c25-8-4-1-5-9-27-23(32)19-20(31)15-14-16(26)22(29-10-12-33-13-11-29)28-21(15)30-17-6-2-3-7-18(17)34-24(19)30/h2-3,6-7,14H,1,4-5,8-13H2,(H,27,32). The number of ether oxygens (including phenoxy) is 1. The zero-order chi connectivity index (χ0) is 23.7. The first-order valence-corrected chi connectivity index (χ1v) is 12.1. The van der Waals surface area contributed by atoms with Gasteiger partial charge in [0, 0.05) is 19.6 Å². The van der Waals surface area contributed by atoms with Gasteiger partial charge in [-0.1, -0.05) is 12.1 Å². The van der Waals surface area contributed by atoms with Crippen molar-refractivity contribution in [3.8, 4) is 0 Å². The molecule has 178 valence electrons. The number of unbranched alkanes of at least 4 members (excludes halogenated alkanes) is 2. The number of carbonyl (C=O) groups is 1. The van der Waals surface area contributed by atoms with Crippen LogP contribution in [0.1, 0.15) is 29.6 Å². The number of anilines is 1. The fourth-order valence-electron chi connectivity index (χ4n) is 4.28. The first-order valence-electron chi connectivity index (χ1n) is 11.3. The Bertz CT molecular complexity index is 1430. The van der Waals surface area contributed by atoms with Gasteiger partial charge in [0.25, 0.3) is 5.91 Å². The summed E-state index contributed by atoms with van der Waals surface area (Å²) >= 11 is 1.32. The van der Waals surface area contributed by atoms with Crippen LogP contribution in [-0.2, 0) is 4.74 Å². The largest absolute Gasteiger partial charge is 0.378 e. The third-order valence-corrected chi connectivity index (χ3v) is 7.13. The number of aromatic nitrogens is 2. The molecule has 7 nitrogen and oxygen atoms in total. The van der Waals surface area contributed by atoms with E-state index in [0.29, 0.717) is 62.6 Å². The van der Waals surface area contributed by atoms with Crippen molar-refractivity contribution in [2.45, 2.75) is 19.3 Å². The maximum atomic E-state index is 15.2. The lowest BCUT2D eigenvalue weighted by atomic mass is 10.1. The molecule has 1 aromatic carbocycles. The summed E-state index contributed by atoms with van der Waals surface area (Å²) in [6.45, 7) is 1.88. The van der Waals surface area contributed by atoms with Gasteiger partial charge >= 0.3 is 0 Å². The van der Waals surface area contributed by atoms with E-state index in [1.165, 1.54) is 17.4 Å². The van der Waals surface area contributed by atoms with Gasteiger partial charge in [0.05, 0.1) is 35.5 Å². The molecule has 0 saturated carbocycles. The molecule has 1 aliphatic heterocycles. The number of rotatable bonds is 7. The first kappa shape index (κ1) is 22.7. The summed E-state index contributed by atoms with van der Waals surface area (Å²) in [5.74, 6) is -0.957. The molecule has 1 saturated heterocycles. The van der Waals surface area contributed by atoms with E-state index in [2.05, 4.69) is 10.3 Å². The Balaban J connectivity index is 1.69. The molecule has 34 heavy (non-hydrogen) atoms. The van der Waals surface area contributed by atoms with Crippen LogP contribution >= 0.6 is 11.3 Å². The summed E-state index contributed by atoms with van der Waals surface area (Å²) in [5.41, 5.74) is 0.527. The van der Waals surface area contributed by atoms with Gasteiger partial charge in [-0.25, -0.2) is 9.37 Å². The van der Waals surface area contributed by atoms with Crippen molar-refractivity contribution < 1.29 is 18.3 Å². The zero-order valence-corrected chi connectivity index (χ0v) is 19.3. The molecule has 4 aromatic rings. The number of nitrogens with zero attached hydrogens (tertiary/aromatic N) is 3. The molecular formula is C24H24F2N4O3S. The SMILES string of the molecule is O=C(NCCCCCF)c1c(=O)c2cc(F)c(N3CCOCC3)nc2n2c1sc1ccccc12. The number of para-hydroxylation sites is 1. The molecule has 4 heterocycles. The minimum absolute atomic E-state index is 0.0282. The number of alkyl halides is 1. The second kappa shape index (κ2) is 9.63. The third-order valence-electron chi connectivity index (χ3n) is 5.98. The lowest BCUT2D eigenvalue weighted by Gasteiger charge is -2.28. The lowest BCUT2D eigenvalue weighted by Crippen LogP contribution is -2.37. The van der Waals surface area contributed by atoms with Crippen LogP contribution < -0.4 is 15.6 Å². The number of carbonyl (C=O) groups excluding carboxylic acids is 1. The highest BCUT2D eigenvalue weighted by Gasteiger charge is 2.25. The number of pyridine rings is 2. The average molecular weight is 487 g/mol. The Morgan fingerprint density at radius 2 is 1.97 bits per heavy atom. The van der Waals surface area contributed by atoms with Gasteiger partial charge in [-0.15, -0.1) is 11.3 Å². The number of amides is 1. The van der Waals surface area contributed by atoms with Crippen molar-refractivity contribution in [3.05, 3.63) is 51.9 Å². The Labute approximate surface area is 198 Å². The van der Waals surface area contributed by atoms with Crippen LogP contribution in [0, 0.1) is 5.82 Å². The van der Waals surface area contributed by atoms with E-state index in [1.54, 1.807) is 4.40 Å². The molecule has 1 amide bonds. The van der Waals surface area contributed by atoms with E-state index >= 15 is 4.39 Å². The van der Waals surface area contributed by atoms with Gasteiger partial charge in [0.1, 0.15) is 10.4 Å². The van der Waals surface area contributed by atoms with Crippen molar-refractivity contribution in [2.75, 3.05) is 44.4 Å². The van der Waals surface area contributed by atoms with Crippen molar-refractivity contribution in [3.63, 3.8) is 0 Å². The molecule has 0 atom stereocenters. The van der Waals surface area contributed by atoms with E-state index in [4.69, 9.17) is 4.74 Å². The highest BCUT2D eigenvalue weighted by atomic mass is 32.1. The Morgan fingerprint density at radius 3 is 2.76 bits per heavy atom. The molecular weight excluding hydrogens is 462 g/mol. The van der Waals surface area contributed by atoms with Gasteiger partial charge in [0.2, 0.25) is 5.43 Å². The van der Waals surface area contributed by atoms with Crippen LogP contribution in [0.4, 0.5) is 14.6 Å². The van der Waals surface area contributed by atoms with Crippen molar-refractivity contribution in [2.24, 2.45) is 0 Å². The van der Waals surface area contributed by atoms with Gasteiger partial charge in [-0.05, 0) is 37.5 Å². The van der Waals surface area contributed by atoms with Crippen molar-refractivity contribution >= 4 is 49.1 Å². The monoisotopic (exact) mass is 486 g/mol. The summed E-state index contributed by atoms with van der Waals surface area (Å²) in [4.78, 5) is 33.5. The second-order valence-corrected chi connectivity index (χ2v) is 9.22. The number of morpholine rings is 1. The predicted molar refractivity (Wildman–Crippen MR) is 130 cm³/mol. The van der Waals surface area contributed by atoms with E-state index in [-0.39, 0.29) is 16.8 Å². The van der Waals surface area contributed by atoms with Crippen LogP contribution in [0.3, 0.4) is 0 Å². The summed E-state index contributed by atoms with van der Waals surface area (Å²) < 4.78 is 35.5. The summed E-state index contributed by atoms with van der Waals surface area (Å²) in [6, 6.07) is 8.74. The fourth-order valence-corrected chi connectivity index (χ4v) is 5.47. The summed E-state index contributed by atoms with van der Waals surface area (Å²) in [5, 5.41) is 2.83. The van der Waals surface area contributed by atoms with E-state index in [0.717, 1.165) is 10.2 Å². The van der Waals surface area contributed by atoms with Crippen LogP contribution in [-0.4, -0.2) is 54.8 Å². The minimum Gasteiger partial charge on any atom is -0.378 e. The average Bonchev–Trinajstić information content (AvgIpc) is 3.23. The Hall–Kier alpha value is -3.11. The van der Waals surface area contributed by atoms with E-state index in [9.17, 15) is 14.0 Å². The normalized spacial score (nSPS) is 14.4. The quantitative estimate of drug-likeness (QED) is 0.401. The first-order chi connectivity index (χ1) is 16.6. The number of benzene rings is 1. The van der Waals surface area contributed by atoms with Gasteiger partial charge in [-0.3, -0.25) is 18.4 Å². The maximum Gasteiger partial charge on any atom is 0.258 e. The molecule has 0 spiro atoms. The van der Waals surface area contributed by atoms with Crippen molar-refractivity contribution in [1.29, 1.82) is 0 Å². The van der Waals surface area contributed by atoms with Crippen LogP contribution in [0.25, 0.3) is 26.1 Å². The topological polar surface area (TPSA) is 75.9 Å². The molecule has 0 bridgehead atoms. The Kier molecular flexibility index (Phi) is 6.42. The predicted octanol–water partition coefficient (Wildman–Crippen LogP) is 3.91. The van der Waals surface area contributed by atoms with E-state index < -0.39 is 23.8 Å². The smallest absolute Gasteiger partial charge is 0.258 e. The Morgan fingerprint density at radius 1 is 1.18 bits per heavy atom. The maximum absolute atomic E-state index is 15.2. The molecule has 1 aliphatic rings. The molecule has 3 aromatic heterocycles. The highest BCUT2D eigenvalue weighted by Crippen LogP contribution is 2.32. The third kappa shape index (κ3) is 4.01. The van der Waals surface area contributed by atoms with Gasteiger partial charge < -0.3 is 15.0 Å². The molecule has 5 rings (SSSR count). The summed E-state index contributed by atoms with van der Waals surface area (Å²) in [7, 11) is 0. The number of nitrogens with one attached hydrogen (secondary N) is 1. The molecule has 10 heteroatoms. The van der Waals surface area contributed by atoms with Gasteiger partial charge in [0.15, 0.2) is 17.3 Å². The van der Waals surface area contributed by atoms with Crippen molar-refractivity contribution in [1.82, 2.24) is 14.7 Å². The van der Waals surface area contributed by atoms with Crippen LogP contribution in [0.2, 0.25) is 0 Å². The highest BCUT2D eigenvalue weighted by molar-refractivity contribution is 7.24. The minimum atomic E-state index is -0.608. The molecule has 0 aliphatic carbocycles. The zero-order valence-electron chi connectivity index (χ0n) is 18.5. The number of halogens is 2. The van der Waals surface area contributed by atoms with Crippen LogP contribution in [0.5, 0.6) is 0 Å².